The SMILES string of the molecule is COc1cc(Cl)cc(C(=O)N[C@H]2CCN(c3ccc4ncsc4n3)C2)c1O. The predicted octanol–water partition coefficient (Wildman–Crippen LogP) is 3.07. The van der Waals surface area contributed by atoms with Crippen molar-refractivity contribution in [1.82, 2.24) is 15.3 Å². The molecule has 1 aromatic carbocycles. The Bertz CT molecular complexity index is 1010. The minimum atomic E-state index is -0.383. The molecular weight excluding hydrogens is 388 g/mol. The molecule has 0 bridgehead atoms. The van der Waals surface area contributed by atoms with Gasteiger partial charge in [0.05, 0.1) is 18.2 Å². The highest BCUT2D eigenvalue weighted by molar-refractivity contribution is 7.16. The van der Waals surface area contributed by atoms with Gasteiger partial charge in [-0.05, 0) is 24.6 Å². The smallest absolute Gasteiger partial charge is 0.255 e. The van der Waals surface area contributed by atoms with Gasteiger partial charge in [-0.3, -0.25) is 4.79 Å². The van der Waals surface area contributed by atoms with E-state index in [1.54, 1.807) is 5.51 Å². The molecule has 27 heavy (non-hydrogen) atoms. The first kappa shape index (κ1) is 17.8. The monoisotopic (exact) mass is 404 g/mol. The van der Waals surface area contributed by atoms with E-state index in [4.69, 9.17) is 16.3 Å². The Morgan fingerprint density at radius 3 is 3.11 bits per heavy atom. The highest BCUT2D eigenvalue weighted by Gasteiger charge is 2.27. The average Bonchev–Trinajstić information content (AvgIpc) is 3.31. The molecule has 0 saturated carbocycles. The van der Waals surface area contributed by atoms with Gasteiger partial charge in [0.2, 0.25) is 0 Å². The van der Waals surface area contributed by atoms with Gasteiger partial charge >= 0.3 is 0 Å². The summed E-state index contributed by atoms with van der Waals surface area (Å²) in [6.07, 6.45) is 0.784. The van der Waals surface area contributed by atoms with Crippen LogP contribution in [-0.2, 0) is 0 Å². The van der Waals surface area contributed by atoms with E-state index >= 15 is 0 Å². The normalized spacial score (nSPS) is 16.7. The fourth-order valence-electron chi connectivity index (χ4n) is 3.17. The number of carbonyl (C=O) groups excluding carboxylic acids is 1. The van der Waals surface area contributed by atoms with Crippen LogP contribution in [0.2, 0.25) is 5.02 Å². The summed E-state index contributed by atoms with van der Waals surface area (Å²) in [6, 6.07) is 6.74. The molecule has 0 radical (unpaired) electrons. The van der Waals surface area contributed by atoms with E-state index in [9.17, 15) is 9.90 Å². The number of hydrogen-bond acceptors (Lipinski definition) is 7. The largest absolute Gasteiger partial charge is 0.504 e. The quantitative estimate of drug-likeness (QED) is 0.694. The molecule has 2 aromatic heterocycles. The number of rotatable bonds is 4. The first-order valence-corrected chi connectivity index (χ1v) is 9.63. The number of nitrogens with zero attached hydrogens (tertiary/aromatic N) is 3. The number of phenolic OH excluding ortho intramolecular Hbond substituents is 1. The number of methoxy groups -OCH3 is 1. The molecular formula is C18H17ClN4O3S. The number of halogens is 1. The number of benzene rings is 1. The van der Waals surface area contributed by atoms with Gasteiger partial charge < -0.3 is 20.1 Å². The van der Waals surface area contributed by atoms with Gasteiger partial charge in [0.15, 0.2) is 11.5 Å². The molecule has 0 spiro atoms. The Morgan fingerprint density at radius 2 is 2.30 bits per heavy atom. The van der Waals surface area contributed by atoms with Crippen molar-refractivity contribution in [2.24, 2.45) is 0 Å². The lowest BCUT2D eigenvalue weighted by atomic mass is 10.1. The van der Waals surface area contributed by atoms with Crippen molar-refractivity contribution in [3.05, 3.63) is 40.4 Å². The fourth-order valence-corrected chi connectivity index (χ4v) is 4.03. The van der Waals surface area contributed by atoms with Crippen LogP contribution >= 0.6 is 22.9 Å². The van der Waals surface area contributed by atoms with Gasteiger partial charge in [0.1, 0.15) is 16.2 Å². The highest BCUT2D eigenvalue weighted by Crippen LogP contribution is 2.33. The Labute approximate surface area is 164 Å². The van der Waals surface area contributed by atoms with Crippen LogP contribution in [0.5, 0.6) is 11.5 Å². The molecule has 1 fully saturated rings. The number of aromatic hydroxyl groups is 1. The Balaban J connectivity index is 1.46. The van der Waals surface area contributed by atoms with E-state index < -0.39 is 0 Å². The van der Waals surface area contributed by atoms with Gasteiger partial charge in [-0.25, -0.2) is 9.97 Å². The van der Waals surface area contributed by atoms with Gasteiger partial charge in [-0.15, -0.1) is 11.3 Å². The number of anilines is 1. The number of fused-ring (bicyclic) bond motifs is 1. The van der Waals surface area contributed by atoms with E-state index in [1.807, 2.05) is 12.1 Å². The zero-order valence-electron chi connectivity index (χ0n) is 14.5. The number of nitrogens with one attached hydrogen (secondary N) is 1. The van der Waals surface area contributed by atoms with Crippen LogP contribution in [-0.4, -0.2) is 47.2 Å². The van der Waals surface area contributed by atoms with Crippen molar-refractivity contribution in [2.75, 3.05) is 25.1 Å². The van der Waals surface area contributed by atoms with Crippen molar-refractivity contribution >= 4 is 45.0 Å². The number of carbonyl (C=O) groups is 1. The maximum absolute atomic E-state index is 12.6. The number of phenols is 1. The number of hydrogen-bond donors (Lipinski definition) is 2. The van der Waals surface area contributed by atoms with E-state index in [2.05, 4.69) is 20.2 Å². The number of aromatic nitrogens is 2. The summed E-state index contributed by atoms with van der Waals surface area (Å²) in [5, 5.41) is 13.5. The van der Waals surface area contributed by atoms with Crippen LogP contribution in [0.3, 0.4) is 0 Å². The molecule has 7 nitrogen and oxygen atoms in total. The van der Waals surface area contributed by atoms with E-state index in [0.29, 0.717) is 11.6 Å². The van der Waals surface area contributed by atoms with Crippen LogP contribution in [0.25, 0.3) is 10.3 Å². The second-order valence-electron chi connectivity index (χ2n) is 6.26. The molecule has 0 unspecified atom stereocenters. The third-order valence-corrected chi connectivity index (χ3v) is 5.49. The van der Waals surface area contributed by atoms with Gasteiger partial charge in [-0.2, -0.15) is 0 Å². The van der Waals surface area contributed by atoms with Crippen molar-refractivity contribution in [3.8, 4) is 11.5 Å². The van der Waals surface area contributed by atoms with E-state index in [1.165, 1.54) is 30.6 Å². The first-order chi connectivity index (χ1) is 13.0. The van der Waals surface area contributed by atoms with Crippen molar-refractivity contribution in [1.29, 1.82) is 0 Å². The van der Waals surface area contributed by atoms with Gasteiger partial charge in [0, 0.05) is 30.2 Å². The molecule has 1 aliphatic rings. The maximum Gasteiger partial charge on any atom is 0.255 e. The molecule has 2 N–H and O–H groups in total. The van der Waals surface area contributed by atoms with Crippen molar-refractivity contribution < 1.29 is 14.6 Å². The molecule has 0 aliphatic carbocycles. The topological polar surface area (TPSA) is 87.6 Å². The van der Waals surface area contributed by atoms with Crippen LogP contribution < -0.4 is 15.0 Å². The molecule has 4 rings (SSSR count). The summed E-state index contributed by atoms with van der Waals surface area (Å²) < 4.78 is 5.05. The molecule has 1 aliphatic heterocycles. The average molecular weight is 405 g/mol. The molecule has 1 saturated heterocycles. The number of amides is 1. The number of ether oxygens (including phenoxy) is 1. The van der Waals surface area contributed by atoms with Crippen LogP contribution in [0.1, 0.15) is 16.8 Å². The lowest BCUT2D eigenvalue weighted by Crippen LogP contribution is -2.37. The van der Waals surface area contributed by atoms with Gasteiger partial charge in [-0.1, -0.05) is 11.6 Å². The Kier molecular flexibility index (Phi) is 4.75. The number of pyridine rings is 1. The summed E-state index contributed by atoms with van der Waals surface area (Å²) in [5.74, 6) is 0.441. The summed E-state index contributed by atoms with van der Waals surface area (Å²) in [7, 11) is 1.41. The third-order valence-electron chi connectivity index (χ3n) is 4.53. The molecule has 3 aromatic rings. The lowest BCUT2D eigenvalue weighted by Gasteiger charge is -2.18. The minimum absolute atomic E-state index is 0.0548. The molecule has 9 heteroatoms. The van der Waals surface area contributed by atoms with Crippen molar-refractivity contribution in [3.63, 3.8) is 0 Å². The molecule has 1 atom stereocenters. The van der Waals surface area contributed by atoms with Crippen LogP contribution in [0.15, 0.2) is 29.8 Å². The van der Waals surface area contributed by atoms with Crippen LogP contribution in [0, 0.1) is 0 Å². The maximum atomic E-state index is 12.6. The van der Waals surface area contributed by atoms with E-state index in [-0.39, 0.29) is 29.0 Å². The first-order valence-electron chi connectivity index (χ1n) is 8.37. The molecule has 1 amide bonds. The highest BCUT2D eigenvalue weighted by atomic mass is 35.5. The molecule has 140 valence electrons. The zero-order chi connectivity index (χ0) is 19.0. The Morgan fingerprint density at radius 1 is 1.44 bits per heavy atom. The Hall–Kier alpha value is -2.58. The summed E-state index contributed by atoms with van der Waals surface area (Å²) in [4.78, 5) is 24.5. The third kappa shape index (κ3) is 3.50. The van der Waals surface area contributed by atoms with Crippen LogP contribution in [0.4, 0.5) is 5.82 Å². The zero-order valence-corrected chi connectivity index (χ0v) is 16.0. The molecule has 3 heterocycles. The fraction of sp³-hybridized carbons (Fsp3) is 0.278. The minimum Gasteiger partial charge on any atom is -0.504 e. The van der Waals surface area contributed by atoms with E-state index in [0.717, 1.165) is 29.1 Å². The lowest BCUT2D eigenvalue weighted by molar-refractivity contribution is 0.0937. The second-order valence-corrected chi connectivity index (χ2v) is 7.53. The number of thiazole rings is 1. The summed E-state index contributed by atoms with van der Waals surface area (Å²) in [6.45, 7) is 1.43. The van der Waals surface area contributed by atoms with Crippen molar-refractivity contribution in [2.45, 2.75) is 12.5 Å². The van der Waals surface area contributed by atoms with Gasteiger partial charge in [0.25, 0.3) is 5.91 Å². The standard InChI is InChI=1S/C18H17ClN4O3S/c1-26-14-7-10(19)6-12(16(14)24)17(25)21-11-4-5-23(8-11)15-3-2-13-18(22-15)27-9-20-13/h2-3,6-7,9,11,24H,4-5,8H2,1H3,(H,21,25)/t11-/m0/s1. The predicted molar refractivity (Wildman–Crippen MR) is 105 cm³/mol. The summed E-state index contributed by atoms with van der Waals surface area (Å²) in [5.41, 5.74) is 2.76. The second kappa shape index (κ2) is 7.21. The summed E-state index contributed by atoms with van der Waals surface area (Å²) >= 11 is 7.52.